The molecule has 2 heteroatoms. The van der Waals surface area contributed by atoms with Crippen LogP contribution in [0.3, 0.4) is 0 Å². The summed E-state index contributed by atoms with van der Waals surface area (Å²) in [6, 6.07) is 10.9. The summed E-state index contributed by atoms with van der Waals surface area (Å²) >= 11 is 0. The fourth-order valence-electron chi connectivity index (χ4n) is 8.79. The maximum atomic E-state index is 5.94. The van der Waals surface area contributed by atoms with E-state index in [9.17, 15) is 0 Å². The molecule has 0 bridgehead atoms. The van der Waals surface area contributed by atoms with Crippen molar-refractivity contribution in [1.82, 2.24) is 0 Å². The van der Waals surface area contributed by atoms with Gasteiger partial charge in [-0.05, 0) is 91.4 Å². The molecule has 1 aromatic carbocycles. The molecular formula is C26H36O2. The van der Waals surface area contributed by atoms with Gasteiger partial charge in [-0.15, -0.1) is 0 Å². The molecule has 1 aliphatic heterocycles. The summed E-state index contributed by atoms with van der Waals surface area (Å²) in [6.45, 7) is 5.25. The van der Waals surface area contributed by atoms with Crippen molar-refractivity contribution in [3.05, 3.63) is 35.9 Å². The molecule has 1 unspecified atom stereocenters. The number of benzene rings is 1. The molecule has 1 saturated heterocycles. The topological polar surface area (TPSA) is 18.5 Å². The first kappa shape index (κ1) is 18.0. The Kier molecular flexibility index (Phi) is 3.90. The van der Waals surface area contributed by atoms with Gasteiger partial charge in [0, 0.05) is 6.42 Å². The highest BCUT2D eigenvalue weighted by Crippen LogP contribution is 2.68. The Morgan fingerprint density at radius 1 is 0.929 bits per heavy atom. The molecule has 5 fully saturated rings. The second kappa shape index (κ2) is 6.08. The molecule has 1 heterocycles. The molecule has 0 spiro atoms. The van der Waals surface area contributed by atoms with Crippen molar-refractivity contribution < 1.29 is 9.78 Å². The molecule has 0 radical (unpaired) electrons. The highest BCUT2D eigenvalue weighted by atomic mass is 17.3. The van der Waals surface area contributed by atoms with Gasteiger partial charge in [0.1, 0.15) is 11.7 Å². The molecule has 4 saturated carbocycles. The zero-order valence-electron chi connectivity index (χ0n) is 17.7. The van der Waals surface area contributed by atoms with Crippen LogP contribution in [0.4, 0.5) is 0 Å². The minimum absolute atomic E-state index is 0.0606. The van der Waals surface area contributed by atoms with Crippen LogP contribution in [0, 0.1) is 34.5 Å². The Bertz CT molecular complexity index is 746. The fourth-order valence-corrected chi connectivity index (χ4v) is 8.79. The molecule has 1 aromatic rings. The molecule has 0 aromatic heterocycles. The molecule has 28 heavy (non-hydrogen) atoms. The summed E-state index contributed by atoms with van der Waals surface area (Å²) < 4.78 is 0. The second-order valence-corrected chi connectivity index (χ2v) is 11.5. The zero-order chi connectivity index (χ0) is 19.0. The van der Waals surface area contributed by atoms with Crippen molar-refractivity contribution in [1.29, 1.82) is 0 Å². The van der Waals surface area contributed by atoms with E-state index in [2.05, 4.69) is 44.2 Å². The van der Waals surface area contributed by atoms with Crippen molar-refractivity contribution in [3.63, 3.8) is 0 Å². The highest BCUT2D eigenvalue weighted by molar-refractivity contribution is 5.21. The normalized spacial score (nSPS) is 52.0. The summed E-state index contributed by atoms with van der Waals surface area (Å²) in [5, 5.41) is 0. The van der Waals surface area contributed by atoms with E-state index in [1.54, 1.807) is 0 Å². The lowest BCUT2D eigenvalue weighted by atomic mass is 9.43. The molecule has 0 amide bonds. The van der Waals surface area contributed by atoms with Gasteiger partial charge in [0.05, 0.1) is 0 Å². The minimum atomic E-state index is -0.0606. The van der Waals surface area contributed by atoms with Crippen LogP contribution in [0.15, 0.2) is 30.3 Å². The van der Waals surface area contributed by atoms with Crippen LogP contribution in [0.1, 0.15) is 77.2 Å². The third-order valence-electron chi connectivity index (χ3n) is 10.3. The van der Waals surface area contributed by atoms with Crippen LogP contribution >= 0.6 is 0 Å². The first-order valence-corrected chi connectivity index (χ1v) is 11.9. The molecule has 152 valence electrons. The summed E-state index contributed by atoms with van der Waals surface area (Å²) in [7, 11) is 0. The van der Waals surface area contributed by atoms with Gasteiger partial charge in [0.15, 0.2) is 0 Å². The van der Waals surface area contributed by atoms with E-state index in [1.165, 1.54) is 63.4 Å². The van der Waals surface area contributed by atoms with E-state index in [4.69, 9.17) is 9.78 Å². The van der Waals surface area contributed by atoms with E-state index in [0.717, 1.165) is 30.1 Å². The van der Waals surface area contributed by atoms with Crippen molar-refractivity contribution in [2.45, 2.75) is 89.8 Å². The minimum Gasteiger partial charge on any atom is -0.229 e. The largest absolute Gasteiger partial charge is 0.229 e. The third kappa shape index (κ3) is 2.40. The second-order valence-electron chi connectivity index (χ2n) is 11.5. The molecule has 6 rings (SSSR count). The van der Waals surface area contributed by atoms with E-state index in [1.807, 2.05) is 0 Å². The van der Waals surface area contributed by atoms with Crippen LogP contribution < -0.4 is 0 Å². The molecular weight excluding hydrogens is 344 g/mol. The summed E-state index contributed by atoms with van der Waals surface area (Å²) in [5.74, 6) is 3.70. The van der Waals surface area contributed by atoms with Crippen LogP contribution in [0.25, 0.3) is 0 Å². The van der Waals surface area contributed by atoms with E-state index >= 15 is 0 Å². The first-order chi connectivity index (χ1) is 13.5. The van der Waals surface area contributed by atoms with Crippen molar-refractivity contribution >= 4 is 0 Å². The zero-order valence-corrected chi connectivity index (χ0v) is 17.7. The fraction of sp³-hybridized carbons (Fsp3) is 0.769. The Morgan fingerprint density at radius 2 is 1.79 bits per heavy atom. The van der Waals surface area contributed by atoms with Crippen molar-refractivity contribution in [2.24, 2.45) is 34.5 Å². The van der Waals surface area contributed by atoms with E-state index in [0.29, 0.717) is 16.9 Å². The van der Waals surface area contributed by atoms with Crippen molar-refractivity contribution in [2.75, 3.05) is 0 Å². The first-order valence-electron chi connectivity index (χ1n) is 11.9. The molecule has 4 aliphatic carbocycles. The van der Waals surface area contributed by atoms with Crippen LogP contribution in [0.5, 0.6) is 0 Å². The van der Waals surface area contributed by atoms with Gasteiger partial charge in [-0.2, -0.15) is 0 Å². The maximum absolute atomic E-state index is 5.94. The predicted octanol–water partition coefficient (Wildman–Crippen LogP) is 6.34. The number of hydrogen-bond donors (Lipinski definition) is 0. The van der Waals surface area contributed by atoms with Crippen LogP contribution in [-0.4, -0.2) is 11.7 Å². The molecule has 0 N–H and O–H groups in total. The SMILES string of the molecule is C[C@@]12CCC[C@H]1[C@@H]1CC[C@H]3C[C@@]4(Cc5ccccc5)OOC4C[C@]3(C)[C@H]1CC2. The van der Waals surface area contributed by atoms with E-state index < -0.39 is 0 Å². The number of hydrogen-bond acceptors (Lipinski definition) is 2. The van der Waals surface area contributed by atoms with Crippen molar-refractivity contribution in [3.8, 4) is 0 Å². The van der Waals surface area contributed by atoms with Gasteiger partial charge in [-0.1, -0.05) is 50.6 Å². The predicted molar refractivity (Wildman–Crippen MR) is 111 cm³/mol. The van der Waals surface area contributed by atoms with Gasteiger partial charge in [0.25, 0.3) is 0 Å². The van der Waals surface area contributed by atoms with Gasteiger partial charge in [-0.25, -0.2) is 9.78 Å². The molecule has 2 nitrogen and oxygen atoms in total. The van der Waals surface area contributed by atoms with E-state index in [-0.39, 0.29) is 5.60 Å². The van der Waals surface area contributed by atoms with Gasteiger partial charge in [0.2, 0.25) is 0 Å². The smallest absolute Gasteiger partial charge is 0.137 e. The van der Waals surface area contributed by atoms with Crippen LogP contribution in [-0.2, 0) is 16.2 Å². The summed E-state index contributed by atoms with van der Waals surface area (Å²) in [6.07, 6.45) is 14.0. The number of fused-ring (bicyclic) bond motifs is 6. The third-order valence-corrected chi connectivity index (χ3v) is 10.3. The van der Waals surface area contributed by atoms with Crippen LogP contribution in [0.2, 0.25) is 0 Å². The quantitative estimate of drug-likeness (QED) is 0.557. The van der Waals surface area contributed by atoms with Gasteiger partial charge >= 0.3 is 0 Å². The van der Waals surface area contributed by atoms with Gasteiger partial charge in [-0.3, -0.25) is 0 Å². The average molecular weight is 381 g/mol. The maximum Gasteiger partial charge on any atom is 0.137 e. The summed E-state index contributed by atoms with van der Waals surface area (Å²) in [4.78, 5) is 11.8. The molecule has 8 atom stereocenters. The summed E-state index contributed by atoms with van der Waals surface area (Å²) in [5.41, 5.74) is 2.45. The monoisotopic (exact) mass is 380 g/mol. The van der Waals surface area contributed by atoms with Gasteiger partial charge < -0.3 is 0 Å². The standard InChI is InChI=1S/C26H36O2/c1-24-13-6-9-21(24)20-11-10-19-16-26(15-18-7-4-3-5-8-18)23(27-28-26)17-25(19,2)22(20)12-14-24/h3-5,7-8,19-23H,6,9-17H2,1-2H3/t19-,20-,21-,22-,23?,24-,25-,26+/m0/s1. The highest BCUT2D eigenvalue weighted by Gasteiger charge is 2.65. The lowest BCUT2D eigenvalue weighted by molar-refractivity contribution is -0.528. The Labute approximate surface area is 170 Å². The Morgan fingerprint density at radius 3 is 2.57 bits per heavy atom. The Hall–Kier alpha value is -0.860. The lowest BCUT2D eigenvalue weighted by Gasteiger charge is -2.65. The number of rotatable bonds is 2. The Balaban J connectivity index is 1.26. The molecule has 5 aliphatic rings. The lowest BCUT2D eigenvalue weighted by Crippen LogP contribution is -2.67. The average Bonchev–Trinajstić information content (AvgIpc) is 3.09.